The number of hydrogen-bond acceptors (Lipinski definition) is 2. The van der Waals surface area contributed by atoms with Gasteiger partial charge in [0.15, 0.2) is 0 Å². The fourth-order valence-electron chi connectivity index (χ4n) is 1.32. The van der Waals surface area contributed by atoms with Crippen molar-refractivity contribution in [3.63, 3.8) is 0 Å². The van der Waals surface area contributed by atoms with E-state index in [1.165, 1.54) is 0 Å². The second kappa shape index (κ2) is 4.23. The molecule has 3 heteroatoms. The first-order chi connectivity index (χ1) is 6.11. The van der Waals surface area contributed by atoms with Gasteiger partial charge < -0.3 is 10.6 Å². The van der Waals surface area contributed by atoms with Crippen LogP contribution >= 0.6 is 0 Å². The van der Waals surface area contributed by atoms with Gasteiger partial charge in [0.2, 0.25) is 0 Å². The summed E-state index contributed by atoms with van der Waals surface area (Å²) in [5.74, 6) is 0. The third kappa shape index (κ3) is 3.03. The minimum absolute atomic E-state index is 0.453. The second-order valence-corrected chi connectivity index (χ2v) is 3.45. The molecule has 0 saturated carbocycles. The van der Waals surface area contributed by atoms with Crippen molar-refractivity contribution in [3.05, 3.63) is 29.3 Å². The van der Waals surface area contributed by atoms with Crippen molar-refractivity contribution >= 4 is 5.69 Å². The molecule has 2 N–H and O–H groups in total. The molecule has 0 fully saturated rings. The highest BCUT2D eigenvalue weighted by Crippen LogP contribution is 2.14. The van der Waals surface area contributed by atoms with Crippen molar-refractivity contribution in [2.24, 2.45) is 0 Å². The first-order valence-corrected chi connectivity index (χ1v) is 4.21. The van der Waals surface area contributed by atoms with Gasteiger partial charge in [-0.05, 0) is 37.4 Å². The Bertz CT molecular complexity index is 284. The van der Waals surface area contributed by atoms with Gasteiger partial charge in [0.05, 0.1) is 0 Å². The molecular formula is C10H15FN2. The second-order valence-electron chi connectivity index (χ2n) is 3.45. The number of hydrogen-bond donors (Lipinski definition) is 1. The van der Waals surface area contributed by atoms with Gasteiger partial charge in [-0.25, -0.2) is 4.39 Å². The first kappa shape index (κ1) is 9.99. The highest BCUT2D eigenvalue weighted by atomic mass is 19.1. The molecule has 0 aliphatic rings. The molecule has 13 heavy (non-hydrogen) atoms. The van der Waals surface area contributed by atoms with Crippen molar-refractivity contribution < 1.29 is 4.39 Å². The molecule has 2 nitrogen and oxygen atoms in total. The number of benzene rings is 1. The summed E-state index contributed by atoms with van der Waals surface area (Å²) >= 11 is 0. The minimum atomic E-state index is -0.453. The molecule has 0 atom stereocenters. The number of alkyl halides is 1. The lowest BCUT2D eigenvalue weighted by Gasteiger charge is -2.11. The van der Waals surface area contributed by atoms with Crippen molar-refractivity contribution in [2.45, 2.75) is 13.2 Å². The van der Waals surface area contributed by atoms with Crippen LogP contribution < -0.4 is 5.73 Å². The Kier molecular flexibility index (Phi) is 3.25. The molecule has 0 radical (unpaired) electrons. The molecule has 0 heterocycles. The molecule has 0 spiro atoms. The molecule has 1 aromatic carbocycles. The zero-order chi connectivity index (χ0) is 9.84. The monoisotopic (exact) mass is 182 g/mol. The third-order valence-electron chi connectivity index (χ3n) is 1.73. The van der Waals surface area contributed by atoms with Crippen LogP contribution in [0.3, 0.4) is 0 Å². The largest absolute Gasteiger partial charge is 0.399 e. The van der Waals surface area contributed by atoms with E-state index in [1.807, 2.05) is 31.1 Å². The SMILES string of the molecule is CN(C)Cc1cc(N)cc(CF)c1. The fraction of sp³-hybridized carbons (Fsp3) is 0.400. The van der Waals surface area contributed by atoms with Crippen LogP contribution in [0.25, 0.3) is 0 Å². The zero-order valence-electron chi connectivity index (χ0n) is 8.05. The Morgan fingerprint density at radius 2 is 1.85 bits per heavy atom. The van der Waals surface area contributed by atoms with Crippen molar-refractivity contribution in [1.29, 1.82) is 0 Å². The molecule has 0 bridgehead atoms. The van der Waals surface area contributed by atoms with Crippen LogP contribution in [-0.4, -0.2) is 19.0 Å². The maximum Gasteiger partial charge on any atom is 0.115 e. The van der Waals surface area contributed by atoms with E-state index in [9.17, 15) is 4.39 Å². The van der Waals surface area contributed by atoms with Crippen LogP contribution in [0.4, 0.5) is 10.1 Å². The smallest absolute Gasteiger partial charge is 0.115 e. The van der Waals surface area contributed by atoms with Crippen LogP contribution in [0, 0.1) is 0 Å². The van der Waals surface area contributed by atoms with E-state index in [2.05, 4.69) is 0 Å². The standard InChI is InChI=1S/C10H15FN2/c1-13(2)7-9-3-8(6-11)4-10(12)5-9/h3-5H,6-7,12H2,1-2H3. The molecule has 1 aromatic rings. The summed E-state index contributed by atoms with van der Waals surface area (Å²) in [6, 6.07) is 5.38. The van der Waals surface area contributed by atoms with E-state index in [4.69, 9.17) is 5.73 Å². The maximum atomic E-state index is 12.4. The zero-order valence-corrected chi connectivity index (χ0v) is 8.05. The number of nitrogens with two attached hydrogens (primary N) is 1. The van der Waals surface area contributed by atoms with E-state index in [0.29, 0.717) is 11.3 Å². The topological polar surface area (TPSA) is 29.3 Å². The maximum absolute atomic E-state index is 12.4. The molecule has 72 valence electrons. The van der Waals surface area contributed by atoms with Crippen LogP contribution in [-0.2, 0) is 13.2 Å². The van der Waals surface area contributed by atoms with Gasteiger partial charge in [-0.15, -0.1) is 0 Å². The van der Waals surface area contributed by atoms with E-state index < -0.39 is 6.67 Å². The van der Waals surface area contributed by atoms with Gasteiger partial charge in [0, 0.05) is 12.2 Å². The Morgan fingerprint density at radius 1 is 1.23 bits per heavy atom. The van der Waals surface area contributed by atoms with Gasteiger partial charge in [0.1, 0.15) is 6.67 Å². The van der Waals surface area contributed by atoms with E-state index in [0.717, 1.165) is 12.1 Å². The number of rotatable bonds is 3. The summed E-state index contributed by atoms with van der Waals surface area (Å²) in [6.45, 7) is 0.337. The van der Waals surface area contributed by atoms with Crippen LogP contribution in [0.1, 0.15) is 11.1 Å². The molecule has 0 amide bonds. The predicted molar refractivity (Wildman–Crippen MR) is 53.1 cm³/mol. The highest BCUT2D eigenvalue weighted by Gasteiger charge is 1.99. The molecule has 0 unspecified atom stereocenters. The molecule has 0 aliphatic carbocycles. The van der Waals surface area contributed by atoms with Crippen molar-refractivity contribution in [1.82, 2.24) is 4.90 Å². The summed E-state index contributed by atoms with van der Waals surface area (Å²) in [6.07, 6.45) is 0. The lowest BCUT2D eigenvalue weighted by atomic mass is 10.1. The Labute approximate surface area is 78.2 Å². The van der Waals surface area contributed by atoms with Gasteiger partial charge in [0.25, 0.3) is 0 Å². The average molecular weight is 182 g/mol. The molecule has 0 saturated heterocycles. The summed E-state index contributed by atoms with van der Waals surface area (Å²) < 4.78 is 12.4. The normalized spacial score (nSPS) is 10.8. The lowest BCUT2D eigenvalue weighted by molar-refractivity contribution is 0.402. The Morgan fingerprint density at radius 3 is 2.38 bits per heavy atom. The predicted octanol–water partition coefficient (Wildman–Crippen LogP) is 1.80. The number of halogens is 1. The van der Waals surface area contributed by atoms with E-state index in [1.54, 1.807) is 6.07 Å². The van der Waals surface area contributed by atoms with Crippen LogP contribution in [0.2, 0.25) is 0 Å². The Hall–Kier alpha value is -1.09. The Balaban J connectivity index is 2.88. The van der Waals surface area contributed by atoms with E-state index in [-0.39, 0.29) is 0 Å². The summed E-state index contributed by atoms with van der Waals surface area (Å²) in [7, 11) is 3.94. The number of nitrogen functional groups attached to an aromatic ring is 1. The molecule has 1 rings (SSSR count). The van der Waals surface area contributed by atoms with Crippen molar-refractivity contribution in [2.75, 3.05) is 19.8 Å². The third-order valence-corrected chi connectivity index (χ3v) is 1.73. The van der Waals surface area contributed by atoms with Crippen LogP contribution in [0.5, 0.6) is 0 Å². The quantitative estimate of drug-likeness (QED) is 0.722. The minimum Gasteiger partial charge on any atom is -0.399 e. The van der Waals surface area contributed by atoms with E-state index >= 15 is 0 Å². The van der Waals surface area contributed by atoms with Gasteiger partial charge in [-0.2, -0.15) is 0 Å². The summed E-state index contributed by atoms with van der Waals surface area (Å²) in [4.78, 5) is 2.02. The highest BCUT2D eigenvalue weighted by molar-refractivity contribution is 5.44. The molecular weight excluding hydrogens is 167 g/mol. The molecule has 0 aromatic heterocycles. The van der Waals surface area contributed by atoms with Gasteiger partial charge in [-0.1, -0.05) is 6.07 Å². The van der Waals surface area contributed by atoms with Crippen molar-refractivity contribution in [3.8, 4) is 0 Å². The average Bonchev–Trinajstić information content (AvgIpc) is 2.01. The number of anilines is 1. The fourth-order valence-corrected chi connectivity index (χ4v) is 1.32. The summed E-state index contributed by atoms with van der Waals surface area (Å²) in [5, 5.41) is 0. The summed E-state index contributed by atoms with van der Waals surface area (Å²) in [5.41, 5.74) is 7.96. The lowest BCUT2D eigenvalue weighted by Crippen LogP contribution is -2.11. The molecule has 0 aliphatic heterocycles. The first-order valence-electron chi connectivity index (χ1n) is 4.21. The van der Waals surface area contributed by atoms with Gasteiger partial charge >= 0.3 is 0 Å². The van der Waals surface area contributed by atoms with Crippen LogP contribution in [0.15, 0.2) is 18.2 Å². The number of nitrogens with zero attached hydrogens (tertiary/aromatic N) is 1. The van der Waals surface area contributed by atoms with Gasteiger partial charge in [-0.3, -0.25) is 0 Å².